The minimum Gasteiger partial charge on any atom is -0.208 e. The smallest absolute Gasteiger partial charge is 0.168 e. The van der Waals surface area contributed by atoms with Crippen LogP contribution in [-0.4, -0.2) is 0 Å². The first-order chi connectivity index (χ1) is 5.39. The van der Waals surface area contributed by atoms with Crippen molar-refractivity contribution < 1.29 is 4.57 Å². The van der Waals surface area contributed by atoms with Gasteiger partial charge in [-0.15, -0.1) is 0 Å². The van der Waals surface area contributed by atoms with Gasteiger partial charge in [0.2, 0.25) is 0 Å². The van der Waals surface area contributed by atoms with Crippen LogP contribution in [0, 0.1) is 5.41 Å². The number of pyridine rings is 1. The number of nitrogens with zero attached hydrogens (tertiary/aromatic N) is 1. The molecule has 13 heavy (non-hydrogen) atoms. The van der Waals surface area contributed by atoms with Gasteiger partial charge in [-0.1, -0.05) is 41.2 Å². The molecule has 76 valence electrons. The Hall–Kier alpha value is -0.850. The second-order valence-corrected chi connectivity index (χ2v) is 4.54. The van der Waals surface area contributed by atoms with E-state index in [4.69, 9.17) is 0 Å². The molecular weight excluding hydrogens is 158 g/mol. The summed E-state index contributed by atoms with van der Waals surface area (Å²) < 4.78 is 2.00. The predicted octanol–water partition coefficient (Wildman–Crippen LogP) is 3.20. The third-order valence-electron chi connectivity index (χ3n) is 0.865. The average Bonchev–Trinajstić information content (AvgIpc) is 1.85. The molecule has 0 aliphatic carbocycles. The fraction of sp³-hybridized carbons (Fsp3) is 0.583. The maximum atomic E-state index is 2.19. The lowest BCUT2D eigenvalue weighted by Crippen LogP contribution is -2.25. The number of hydrogen-bond donors (Lipinski definition) is 0. The van der Waals surface area contributed by atoms with E-state index in [2.05, 4.69) is 27.7 Å². The van der Waals surface area contributed by atoms with E-state index < -0.39 is 0 Å². The van der Waals surface area contributed by atoms with Crippen molar-refractivity contribution in [2.45, 2.75) is 35.1 Å². The summed E-state index contributed by atoms with van der Waals surface area (Å²) in [7, 11) is 2.00. The summed E-state index contributed by atoms with van der Waals surface area (Å²) in [6, 6.07) is 6.00. The highest BCUT2D eigenvalue weighted by atomic mass is 14.9. The Kier molecular flexibility index (Phi) is 7.49. The molecule has 0 spiro atoms. The Morgan fingerprint density at radius 2 is 1.15 bits per heavy atom. The molecule has 0 saturated heterocycles. The van der Waals surface area contributed by atoms with Crippen LogP contribution in [0.5, 0.6) is 0 Å². The Labute approximate surface area is 83.4 Å². The summed E-state index contributed by atoms with van der Waals surface area (Å²) in [6.07, 6.45) is 4.00. The van der Waals surface area contributed by atoms with Crippen LogP contribution in [0.1, 0.15) is 35.1 Å². The summed E-state index contributed by atoms with van der Waals surface area (Å²) >= 11 is 0. The van der Waals surface area contributed by atoms with Crippen molar-refractivity contribution in [2.24, 2.45) is 12.5 Å². The van der Waals surface area contributed by atoms with Crippen LogP contribution in [0.15, 0.2) is 30.6 Å². The zero-order valence-corrected chi connectivity index (χ0v) is 8.83. The predicted molar refractivity (Wildman–Crippen MR) is 59.5 cm³/mol. The molecule has 0 aliphatic rings. The van der Waals surface area contributed by atoms with Gasteiger partial charge in [0.25, 0.3) is 0 Å². The van der Waals surface area contributed by atoms with Crippen molar-refractivity contribution in [1.82, 2.24) is 0 Å². The maximum absolute atomic E-state index is 2.19. The standard InChI is InChI=1S/C6H8N.C5H12.CH4/c1-7-5-3-2-4-6-7;1-5(2,3)4;/h2-6H,1H3;1-4H3;1H4/q+1;;. The quantitative estimate of drug-likeness (QED) is 0.542. The molecule has 0 saturated carbocycles. The van der Waals surface area contributed by atoms with E-state index in [9.17, 15) is 0 Å². The topological polar surface area (TPSA) is 3.88 Å². The van der Waals surface area contributed by atoms with Gasteiger partial charge in [0.1, 0.15) is 7.05 Å². The molecule has 0 aromatic carbocycles. The highest BCUT2D eigenvalue weighted by molar-refractivity contribution is 4.83. The fourth-order valence-corrected chi connectivity index (χ4v) is 0.485. The van der Waals surface area contributed by atoms with Crippen molar-refractivity contribution >= 4 is 0 Å². The normalized spacial score (nSPS) is 9.31. The van der Waals surface area contributed by atoms with Crippen LogP contribution < -0.4 is 4.57 Å². The molecule has 0 bridgehead atoms. The summed E-state index contributed by atoms with van der Waals surface area (Å²) in [6.45, 7) is 8.75. The molecule has 0 atom stereocenters. The molecule has 0 radical (unpaired) electrons. The van der Waals surface area contributed by atoms with Crippen LogP contribution in [0.3, 0.4) is 0 Å². The van der Waals surface area contributed by atoms with Gasteiger partial charge in [-0.3, -0.25) is 0 Å². The third kappa shape index (κ3) is 18.3. The van der Waals surface area contributed by atoms with Crippen molar-refractivity contribution in [2.75, 3.05) is 0 Å². The van der Waals surface area contributed by atoms with E-state index in [-0.39, 0.29) is 7.43 Å². The van der Waals surface area contributed by atoms with Crippen molar-refractivity contribution in [3.8, 4) is 0 Å². The molecule has 1 nitrogen and oxygen atoms in total. The van der Waals surface area contributed by atoms with Gasteiger partial charge >= 0.3 is 0 Å². The van der Waals surface area contributed by atoms with Gasteiger partial charge in [-0.2, -0.15) is 0 Å². The average molecular weight is 182 g/mol. The Morgan fingerprint density at radius 3 is 1.31 bits per heavy atom. The molecule has 0 amide bonds. The number of hydrogen-bond acceptors (Lipinski definition) is 0. The van der Waals surface area contributed by atoms with Gasteiger partial charge in [0.05, 0.1) is 0 Å². The molecule has 0 fully saturated rings. The van der Waals surface area contributed by atoms with Crippen molar-refractivity contribution in [3.63, 3.8) is 0 Å². The number of aryl methyl sites for hydroxylation is 1. The lowest BCUT2D eigenvalue weighted by Gasteiger charge is -2.05. The van der Waals surface area contributed by atoms with Gasteiger partial charge < -0.3 is 0 Å². The Balaban J connectivity index is 0. The SMILES string of the molecule is C.CC(C)(C)C.C[n+]1ccccc1. The third-order valence-corrected chi connectivity index (χ3v) is 0.865. The molecular formula is C12H24N+. The molecule has 1 heterocycles. The summed E-state index contributed by atoms with van der Waals surface area (Å²) in [4.78, 5) is 0. The minimum atomic E-state index is 0. The second kappa shape index (κ2) is 6.64. The van der Waals surface area contributed by atoms with Gasteiger partial charge in [-0.25, -0.2) is 4.57 Å². The maximum Gasteiger partial charge on any atom is 0.168 e. The molecule has 1 heteroatoms. The zero-order valence-electron chi connectivity index (χ0n) is 8.83. The number of aromatic nitrogens is 1. The van der Waals surface area contributed by atoms with E-state index in [1.807, 2.05) is 42.2 Å². The van der Waals surface area contributed by atoms with Crippen LogP contribution in [0.2, 0.25) is 0 Å². The van der Waals surface area contributed by atoms with Crippen LogP contribution in [0.4, 0.5) is 0 Å². The minimum absolute atomic E-state index is 0. The van der Waals surface area contributed by atoms with Crippen LogP contribution >= 0.6 is 0 Å². The molecule has 0 N–H and O–H groups in total. The monoisotopic (exact) mass is 182 g/mol. The van der Waals surface area contributed by atoms with Crippen LogP contribution in [0.25, 0.3) is 0 Å². The lowest BCUT2D eigenvalue weighted by atomic mass is 10.0. The van der Waals surface area contributed by atoms with E-state index >= 15 is 0 Å². The van der Waals surface area contributed by atoms with E-state index in [1.54, 1.807) is 0 Å². The Morgan fingerprint density at radius 1 is 0.846 bits per heavy atom. The highest BCUT2D eigenvalue weighted by Crippen LogP contribution is 2.07. The van der Waals surface area contributed by atoms with Crippen molar-refractivity contribution in [1.29, 1.82) is 0 Å². The van der Waals surface area contributed by atoms with Crippen LogP contribution in [-0.2, 0) is 7.05 Å². The molecule has 1 aromatic rings. The second-order valence-electron chi connectivity index (χ2n) is 4.54. The first kappa shape index (κ1) is 14.7. The summed E-state index contributed by atoms with van der Waals surface area (Å²) in [5.74, 6) is 0. The van der Waals surface area contributed by atoms with Gasteiger partial charge in [-0.05, 0) is 5.41 Å². The summed E-state index contributed by atoms with van der Waals surface area (Å²) in [5.41, 5.74) is 0.500. The van der Waals surface area contributed by atoms with E-state index in [0.717, 1.165) is 0 Å². The fourth-order valence-electron chi connectivity index (χ4n) is 0.485. The zero-order chi connectivity index (χ0) is 9.61. The lowest BCUT2D eigenvalue weighted by molar-refractivity contribution is -0.671. The Bertz CT molecular complexity index is 190. The van der Waals surface area contributed by atoms with Gasteiger partial charge in [0.15, 0.2) is 12.4 Å². The van der Waals surface area contributed by atoms with E-state index in [1.165, 1.54) is 0 Å². The molecule has 1 aromatic heterocycles. The molecule has 1 rings (SSSR count). The van der Waals surface area contributed by atoms with E-state index in [0.29, 0.717) is 5.41 Å². The largest absolute Gasteiger partial charge is 0.208 e. The molecule has 0 aliphatic heterocycles. The highest BCUT2D eigenvalue weighted by Gasteiger charge is 1.95. The van der Waals surface area contributed by atoms with Gasteiger partial charge in [0, 0.05) is 12.1 Å². The summed E-state index contributed by atoms with van der Waals surface area (Å²) in [5, 5.41) is 0. The number of rotatable bonds is 0. The first-order valence-electron chi connectivity index (χ1n) is 4.30. The molecule has 0 unspecified atom stereocenters. The first-order valence-corrected chi connectivity index (χ1v) is 4.30. The van der Waals surface area contributed by atoms with Crippen molar-refractivity contribution in [3.05, 3.63) is 30.6 Å².